The number of nitrogens with zero attached hydrogens (tertiary/aromatic N) is 1. The summed E-state index contributed by atoms with van der Waals surface area (Å²) < 4.78 is 0. The van der Waals surface area contributed by atoms with Gasteiger partial charge in [0.25, 0.3) is 0 Å². The van der Waals surface area contributed by atoms with Gasteiger partial charge in [0.05, 0.1) is 0 Å². The van der Waals surface area contributed by atoms with E-state index in [2.05, 4.69) is 76.9 Å². The molecule has 0 aliphatic heterocycles. The maximum Gasteiger partial charge on any atom is 0.122 e. The van der Waals surface area contributed by atoms with E-state index in [1.54, 1.807) is 0 Å². The third-order valence-electron chi connectivity index (χ3n) is 5.53. The summed E-state index contributed by atoms with van der Waals surface area (Å²) >= 11 is 0. The molecule has 0 radical (unpaired) electrons. The molecule has 0 heterocycles. The molecule has 0 spiro atoms. The SMILES string of the molecule is CCCC(C)(Pc1c(C)cccc1CN(C)CC)c1cc(C)cc(C)c1O. The summed E-state index contributed by atoms with van der Waals surface area (Å²) in [4.78, 5) is 2.36. The predicted octanol–water partition coefficient (Wildman–Crippen LogP) is 5.79. The number of aryl methyl sites for hydroxylation is 3. The fourth-order valence-electron chi connectivity index (χ4n) is 3.86. The zero-order valence-corrected chi connectivity index (χ0v) is 19.1. The predicted molar refractivity (Wildman–Crippen MR) is 121 cm³/mol. The van der Waals surface area contributed by atoms with E-state index in [0.29, 0.717) is 14.3 Å². The first kappa shape index (κ1) is 21.9. The van der Waals surface area contributed by atoms with Gasteiger partial charge in [-0.05, 0) is 62.8 Å². The first-order valence-corrected chi connectivity index (χ1v) is 11.1. The van der Waals surface area contributed by atoms with Gasteiger partial charge in [-0.1, -0.05) is 71.7 Å². The van der Waals surface area contributed by atoms with Crippen molar-refractivity contribution in [2.75, 3.05) is 13.6 Å². The second-order valence-electron chi connectivity index (χ2n) is 8.12. The maximum atomic E-state index is 10.9. The van der Waals surface area contributed by atoms with Crippen LogP contribution in [0.2, 0.25) is 0 Å². The van der Waals surface area contributed by atoms with Crippen LogP contribution in [0.25, 0.3) is 0 Å². The lowest BCUT2D eigenvalue weighted by Gasteiger charge is -2.33. The molecule has 27 heavy (non-hydrogen) atoms. The average Bonchev–Trinajstić information content (AvgIpc) is 2.61. The van der Waals surface area contributed by atoms with Gasteiger partial charge in [-0.15, -0.1) is 0 Å². The first-order valence-electron chi connectivity index (χ1n) is 10.1. The second-order valence-corrected chi connectivity index (χ2v) is 9.98. The maximum absolute atomic E-state index is 10.9. The minimum atomic E-state index is -0.0543. The summed E-state index contributed by atoms with van der Waals surface area (Å²) in [6, 6.07) is 10.9. The van der Waals surface area contributed by atoms with E-state index in [9.17, 15) is 5.11 Å². The highest BCUT2D eigenvalue weighted by Crippen LogP contribution is 2.49. The zero-order valence-electron chi connectivity index (χ0n) is 18.1. The molecule has 0 aliphatic rings. The highest BCUT2D eigenvalue weighted by Gasteiger charge is 2.31. The van der Waals surface area contributed by atoms with Crippen LogP contribution in [0.15, 0.2) is 30.3 Å². The molecule has 0 bridgehead atoms. The van der Waals surface area contributed by atoms with E-state index >= 15 is 0 Å². The van der Waals surface area contributed by atoms with Crippen LogP contribution < -0.4 is 5.30 Å². The average molecular weight is 386 g/mol. The van der Waals surface area contributed by atoms with E-state index < -0.39 is 0 Å². The van der Waals surface area contributed by atoms with E-state index in [1.807, 2.05) is 6.92 Å². The Balaban J connectivity index is 2.54. The zero-order chi connectivity index (χ0) is 20.2. The van der Waals surface area contributed by atoms with Crippen LogP contribution in [-0.2, 0) is 11.7 Å². The smallest absolute Gasteiger partial charge is 0.122 e. The number of hydrogen-bond donors (Lipinski definition) is 1. The van der Waals surface area contributed by atoms with Crippen LogP contribution >= 0.6 is 8.58 Å². The van der Waals surface area contributed by atoms with Gasteiger partial charge in [0.2, 0.25) is 0 Å². The molecule has 0 aliphatic carbocycles. The molecule has 2 unspecified atom stereocenters. The molecule has 0 amide bonds. The summed E-state index contributed by atoms with van der Waals surface area (Å²) in [5, 5.41) is 12.3. The summed E-state index contributed by atoms with van der Waals surface area (Å²) in [5.74, 6) is 0.477. The summed E-state index contributed by atoms with van der Waals surface area (Å²) in [6.45, 7) is 15.2. The van der Waals surface area contributed by atoms with Crippen molar-refractivity contribution in [3.05, 3.63) is 58.1 Å². The van der Waals surface area contributed by atoms with Gasteiger partial charge in [0, 0.05) is 17.3 Å². The van der Waals surface area contributed by atoms with Crippen molar-refractivity contribution >= 4 is 13.9 Å². The minimum Gasteiger partial charge on any atom is -0.507 e. The molecule has 2 rings (SSSR count). The third-order valence-corrected chi connectivity index (χ3v) is 7.57. The molecule has 0 aromatic heterocycles. The monoisotopic (exact) mass is 385 g/mol. The summed E-state index contributed by atoms with van der Waals surface area (Å²) in [5.41, 5.74) is 6.10. The molecular formula is C24H36NOP. The molecule has 3 heteroatoms. The van der Waals surface area contributed by atoms with E-state index in [4.69, 9.17) is 0 Å². The van der Waals surface area contributed by atoms with Crippen LogP contribution in [0, 0.1) is 20.8 Å². The first-order chi connectivity index (χ1) is 12.7. The number of phenols is 1. The Bertz CT molecular complexity index is 786. The van der Waals surface area contributed by atoms with Gasteiger partial charge in [0.1, 0.15) is 5.75 Å². The number of phenolic OH excluding ortho intramolecular Hbond substituents is 1. The summed E-state index contributed by atoms with van der Waals surface area (Å²) in [6.07, 6.45) is 2.17. The molecule has 2 aromatic carbocycles. The number of hydrogen-bond acceptors (Lipinski definition) is 2. The van der Waals surface area contributed by atoms with Crippen molar-refractivity contribution in [1.29, 1.82) is 0 Å². The Morgan fingerprint density at radius 2 is 1.78 bits per heavy atom. The normalized spacial score (nSPS) is 14.2. The Labute approximate surface area is 167 Å². The number of benzene rings is 2. The number of rotatable bonds is 8. The van der Waals surface area contributed by atoms with Crippen molar-refractivity contribution < 1.29 is 5.11 Å². The van der Waals surface area contributed by atoms with Crippen LogP contribution in [0.5, 0.6) is 5.75 Å². The van der Waals surface area contributed by atoms with Crippen molar-refractivity contribution in [3.8, 4) is 5.75 Å². The Hall–Kier alpha value is -1.37. The van der Waals surface area contributed by atoms with Crippen LogP contribution in [0.3, 0.4) is 0 Å². The summed E-state index contributed by atoms with van der Waals surface area (Å²) in [7, 11) is 2.81. The fraction of sp³-hybridized carbons (Fsp3) is 0.500. The van der Waals surface area contributed by atoms with Crippen molar-refractivity contribution in [1.82, 2.24) is 4.90 Å². The fourth-order valence-corrected chi connectivity index (χ4v) is 5.72. The molecule has 0 saturated heterocycles. The van der Waals surface area contributed by atoms with Gasteiger partial charge in [0.15, 0.2) is 0 Å². The highest BCUT2D eigenvalue weighted by atomic mass is 31.1. The minimum absolute atomic E-state index is 0.0543. The van der Waals surface area contributed by atoms with Gasteiger partial charge in [-0.25, -0.2) is 0 Å². The lowest BCUT2D eigenvalue weighted by Crippen LogP contribution is -2.25. The molecule has 2 aromatic rings. The van der Waals surface area contributed by atoms with Crippen molar-refractivity contribution in [2.45, 2.75) is 66.1 Å². The lowest BCUT2D eigenvalue weighted by molar-refractivity contribution is 0.346. The van der Waals surface area contributed by atoms with Gasteiger partial charge < -0.3 is 10.0 Å². The Kier molecular flexibility index (Phi) is 7.48. The molecule has 2 atom stereocenters. The number of aromatic hydroxyl groups is 1. The van der Waals surface area contributed by atoms with Crippen molar-refractivity contribution in [2.24, 2.45) is 0 Å². The van der Waals surface area contributed by atoms with Gasteiger partial charge >= 0.3 is 0 Å². The van der Waals surface area contributed by atoms with Gasteiger partial charge in [-0.3, -0.25) is 0 Å². The molecule has 1 N–H and O–H groups in total. The van der Waals surface area contributed by atoms with Crippen molar-refractivity contribution in [3.63, 3.8) is 0 Å². The topological polar surface area (TPSA) is 23.5 Å². The molecular weight excluding hydrogens is 349 g/mol. The van der Waals surface area contributed by atoms with E-state index in [0.717, 1.165) is 37.1 Å². The standard InChI is InChI=1S/C24H36NOP/c1-8-13-24(6,21-15-17(3)14-19(5)22(21)26)27-23-18(4)11-10-12-20(23)16-25(7)9-2/h10-12,14-15,26-27H,8-9,13,16H2,1-7H3. The molecule has 0 fully saturated rings. The van der Waals surface area contributed by atoms with Crippen LogP contribution in [0.4, 0.5) is 0 Å². The molecule has 2 nitrogen and oxygen atoms in total. The van der Waals surface area contributed by atoms with E-state index in [-0.39, 0.29) is 5.16 Å². The Morgan fingerprint density at radius 1 is 1.07 bits per heavy atom. The third kappa shape index (κ3) is 5.12. The van der Waals surface area contributed by atoms with E-state index in [1.165, 1.54) is 22.0 Å². The Morgan fingerprint density at radius 3 is 2.41 bits per heavy atom. The van der Waals surface area contributed by atoms with Crippen LogP contribution in [-0.4, -0.2) is 23.6 Å². The second kappa shape index (κ2) is 9.22. The quantitative estimate of drug-likeness (QED) is 0.582. The largest absolute Gasteiger partial charge is 0.507 e. The van der Waals surface area contributed by atoms with Crippen LogP contribution in [0.1, 0.15) is 61.4 Å². The van der Waals surface area contributed by atoms with Gasteiger partial charge in [-0.2, -0.15) is 0 Å². The highest BCUT2D eigenvalue weighted by molar-refractivity contribution is 7.48. The molecule has 148 valence electrons. The molecule has 0 saturated carbocycles. The lowest BCUT2D eigenvalue weighted by atomic mass is 9.91.